The zero-order valence-corrected chi connectivity index (χ0v) is 17.6. The molecule has 2 rings (SSSR count). The highest BCUT2D eigenvalue weighted by Crippen LogP contribution is 2.34. The first kappa shape index (κ1) is 21.8. The van der Waals surface area contributed by atoms with Crippen molar-refractivity contribution in [2.24, 2.45) is 0 Å². The highest BCUT2D eigenvalue weighted by atomic mass is 35.5. The van der Waals surface area contributed by atoms with E-state index in [1.54, 1.807) is 19.1 Å². The zero-order chi connectivity index (χ0) is 20.8. The summed E-state index contributed by atoms with van der Waals surface area (Å²) in [5.41, 5.74) is 4.61. The van der Waals surface area contributed by atoms with E-state index in [0.717, 1.165) is 27.8 Å². The molecule has 0 amide bonds. The molecule has 0 saturated carbocycles. The number of carbonyl (C=O) groups is 1. The Morgan fingerprint density at radius 2 is 1.96 bits per heavy atom. The highest BCUT2D eigenvalue weighted by molar-refractivity contribution is 6.31. The van der Waals surface area contributed by atoms with E-state index in [0.29, 0.717) is 29.5 Å². The Bertz CT molecular complexity index is 871. The van der Waals surface area contributed by atoms with Gasteiger partial charge in [-0.15, -0.1) is 0 Å². The number of aromatic hydroxyl groups is 1. The monoisotopic (exact) mass is 402 g/mol. The van der Waals surface area contributed by atoms with Crippen molar-refractivity contribution in [1.29, 1.82) is 0 Å². The number of phenols is 1. The summed E-state index contributed by atoms with van der Waals surface area (Å²) in [7, 11) is 0. The second kappa shape index (κ2) is 9.65. The summed E-state index contributed by atoms with van der Waals surface area (Å²) < 4.78 is 10.4. The van der Waals surface area contributed by atoms with Crippen LogP contribution in [0, 0.1) is 0 Å². The zero-order valence-electron chi connectivity index (χ0n) is 16.8. The number of halogens is 1. The molecule has 0 bridgehead atoms. The van der Waals surface area contributed by atoms with Gasteiger partial charge >= 0.3 is 5.97 Å². The molecule has 0 aromatic heterocycles. The first-order valence-electron chi connectivity index (χ1n) is 9.31. The van der Waals surface area contributed by atoms with E-state index in [9.17, 15) is 9.90 Å². The van der Waals surface area contributed by atoms with E-state index in [1.165, 1.54) is 0 Å². The molecule has 2 aromatic carbocycles. The number of phenolic OH excluding ortho intramolecular Hbond substituents is 1. The number of carbonyl (C=O) groups excluding carboxylic acids is 1. The van der Waals surface area contributed by atoms with Gasteiger partial charge in [0.2, 0.25) is 0 Å². The van der Waals surface area contributed by atoms with Gasteiger partial charge in [0.05, 0.1) is 6.61 Å². The lowest BCUT2D eigenvalue weighted by molar-refractivity contribution is -0.145. The van der Waals surface area contributed by atoms with Crippen molar-refractivity contribution in [2.75, 3.05) is 13.2 Å². The maximum absolute atomic E-state index is 11.5. The predicted molar refractivity (Wildman–Crippen MR) is 113 cm³/mol. The van der Waals surface area contributed by atoms with Crippen LogP contribution in [0.5, 0.6) is 11.5 Å². The molecule has 150 valence electrons. The van der Waals surface area contributed by atoms with Gasteiger partial charge in [-0.25, -0.2) is 4.79 Å². The van der Waals surface area contributed by atoms with Crippen molar-refractivity contribution in [2.45, 2.75) is 40.0 Å². The van der Waals surface area contributed by atoms with Crippen LogP contribution in [-0.4, -0.2) is 24.3 Å². The summed E-state index contributed by atoms with van der Waals surface area (Å²) in [4.78, 5) is 11.5. The number of hydrogen-bond donors (Lipinski definition) is 1. The minimum Gasteiger partial charge on any atom is -0.508 e. The van der Waals surface area contributed by atoms with Crippen molar-refractivity contribution in [3.63, 3.8) is 0 Å². The van der Waals surface area contributed by atoms with E-state index < -0.39 is 5.97 Å². The lowest BCUT2D eigenvalue weighted by Gasteiger charge is -2.16. The Labute approximate surface area is 171 Å². The van der Waals surface area contributed by atoms with Crippen LogP contribution in [0.2, 0.25) is 5.02 Å². The van der Waals surface area contributed by atoms with Crippen molar-refractivity contribution < 1.29 is 19.4 Å². The van der Waals surface area contributed by atoms with Gasteiger partial charge in [-0.05, 0) is 66.6 Å². The molecule has 0 fully saturated rings. The third-order valence-electron chi connectivity index (χ3n) is 4.39. The van der Waals surface area contributed by atoms with E-state index in [2.05, 4.69) is 6.58 Å². The minimum absolute atomic E-state index is 0.172. The molecular weight excluding hydrogens is 376 g/mol. The largest absolute Gasteiger partial charge is 0.508 e. The minimum atomic E-state index is -0.426. The van der Waals surface area contributed by atoms with E-state index in [-0.39, 0.29) is 12.5 Å². The Hall–Kier alpha value is -2.46. The number of esters is 1. The average Bonchev–Trinajstić information content (AvgIpc) is 2.63. The smallest absolute Gasteiger partial charge is 0.344 e. The summed E-state index contributed by atoms with van der Waals surface area (Å²) >= 11 is 6.55. The number of rotatable bonds is 8. The van der Waals surface area contributed by atoms with Crippen molar-refractivity contribution >= 4 is 23.1 Å². The number of hydrogen-bond acceptors (Lipinski definition) is 4. The van der Waals surface area contributed by atoms with Crippen LogP contribution in [-0.2, 0) is 16.0 Å². The molecule has 0 aliphatic carbocycles. The molecule has 28 heavy (non-hydrogen) atoms. The molecular formula is C23H27ClO4. The standard InChI is InChI=1S/C23H27ClO4/c1-6-27-23(26)13-28-17-11-18(14(2)3)20(21(24)12-17)10-16-7-8-22(25)19(9-16)15(4)5/h7-9,11-12,15,25H,2,6,10,13H2,1,3-5H3. The topological polar surface area (TPSA) is 55.8 Å². The fraction of sp³-hybridized carbons (Fsp3) is 0.348. The molecule has 5 heteroatoms. The maximum Gasteiger partial charge on any atom is 0.344 e. The Balaban J connectivity index is 2.33. The van der Waals surface area contributed by atoms with Gasteiger partial charge in [0.25, 0.3) is 0 Å². The Morgan fingerprint density at radius 1 is 1.25 bits per heavy atom. The quantitative estimate of drug-likeness (QED) is 0.572. The molecule has 0 atom stereocenters. The molecule has 1 N–H and O–H groups in total. The summed E-state index contributed by atoms with van der Waals surface area (Å²) in [5.74, 6) is 0.584. The summed E-state index contributed by atoms with van der Waals surface area (Å²) in [5, 5.41) is 10.6. The molecule has 0 aliphatic rings. The fourth-order valence-electron chi connectivity index (χ4n) is 2.98. The highest BCUT2D eigenvalue weighted by Gasteiger charge is 2.15. The maximum atomic E-state index is 11.5. The van der Waals surface area contributed by atoms with Crippen molar-refractivity contribution in [1.82, 2.24) is 0 Å². The average molecular weight is 403 g/mol. The molecule has 0 aliphatic heterocycles. The SMILES string of the molecule is C=C(C)c1cc(OCC(=O)OCC)cc(Cl)c1Cc1ccc(O)c(C(C)C)c1. The van der Waals surface area contributed by atoms with Gasteiger partial charge in [0.1, 0.15) is 11.5 Å². The molecule has 0 saturated heterocycles. The second-order valence-electron chi connectivity index (χ2n) is 7.03. The Kier molecular flexibility index (Phi) is 7.53. The van der Waals surface area contributed by atoms with Gasteiger partial charge in [-0.1, -0.05) is 49.7 Å². The second-order valence-corrected chi connectivity index (χ2v) is 7.44. The summed E-state index contributed by atoms with van der Waals surface area (Å²) in [6, 6.07) is 9.16. The van der Waals surface area contributed by atoms with Crippen LogP contribution < -0.4 is 4.74 Å². The first-order chi connectivity index (χ1) is 13.2. The number of ether oxygens (including phenoxy) is 2. The van der Waals surface area contributed by atoms with Crippen LogP contribution in [0.4, 0.5) is 0 Å². The van der Waals surface area contributed by atoms with Crippen LogP contribution in [0.15, 0.2) is 36.9 Å². The summed E-state index contributed by atoms with van der Waals surface area (Å²) in [6.07, 6.45) is 0.596. The molecule has 0 heterocycles. The first-order valence-corrected chi connectivity index (χ1v) is 9.69. The van der Waals surface area contributed by atoms with Crippen LogP contribution in [0.3, 0.4) is 0 Å². The summed E-state index contributed by atoms with van der Waals surface area (Å²) in [6.45, 7) is 11.9. The molecule has 0 radical (unpaired) electrons. The van der Waals surface area contributed by atoms with Crippen molar-refractivity contribution in [3.05, 3.63) is 64.2 Å². The lowest BCUT2D eigenvalue weighted by Crippen LogP contribution is -2.14. The van der Waals surface area contributed by atoms with Crippen LogP contribution in [0.1, 0.15) is 55.9 Å². The van der Waals surface area contributed by atoms with Crippen LogP contribution in [0.25, 0.3) is 5.57 Å². The van der Waals surface area contributed by atoms with Gasteiger partial charge in [0.15, 0.2) is 6.61 Å². The van der Waals surface area contributed by atoms with Gasteiger partial charge in [-0.3, -0.25) is 0 Å². The fourth-order valence-corrected chi connectivity index (χ4v) is 3.26. The Morgan fingerprint density at radius 3 is 2.57 bits per heavy atom. The molecule has 4 nitrogen and oxygen atoms in total. The van der Waals surface area contributed by atoms with Gasteiger partial charge < -0.3 is 14.6 Å². The molecule has 2 aromatic rings. The van der Waals surface area contributed by atoms with Crippen molar-refractivity contribution in [3.8, 4) is 11.5 Å². The lowest BCUT2D eigenvalue weighted by atomic mass is 9.93. The number of benzene rings is 2. The van der Waals surface area contributed by atoms with Gasteiger partial charge in [-0.2, -0.15) is 0 Å². The molecule has 0 unspecified atom stereocenters. The third kappa shape index (κ3) is 5.52. The van der Waals surface area contributed by atoms with Gasteiger partial charge in [0, 0.05) is 5.02 Å². The molecule has 0 spiro atoms. The normalized spacial score (nSPS) is 10.8. The number of allylic oxidation sites excluding steroid dienone is 1. The van der Waals surface area contributed by atoms with E-state index >= 15 is 0 Å². The predicted octanol–water partition coefficient (Wildman–Crippen LogP) is 5.73. The van der Waals surface area contributed by atoms with E-state index in [1.807, 2.05) is 39.0 Å². The van der Waals surface area contributed by atoms with Crippen LogP contribution >= 0.6 is 11.6 Å². The van der Waals surface area contributed by atoms with E-state index in [4.69, 9.17) is 21.1 Å². The third-order valence-corrected chi connectivity index (χ3v) is 4.72.